The van der Waals surface area contributed by atoms with E-state index in [0.717, 1.165) is 48.7 Å². The lowest BCUT2D eigenvalue weighted by molar-refractivity contribution is -0.689. The van der Waals surface area contributed by atoms with Crippen LogP contribution in [-0.2, 0) is 59.3 Å². The number of nitrogens with zero attached hydrogens (tertiary/aromatic N) is 5. The van der Waals surface area contributed by atoms with Crippen LogP contribution in [0.2, 0.25) is 0 Å². The fourth-order valence-electron chi connectivity index (χ4n) is 5.89. The zero-order valence-electron chi connectivity index (χ0n) is 36.4. The highest BCUT2D eigenvalue weighted by atomic mass is 32.2. The van der Waals surface area contributed by atoms with E-state index in [2.05, 4.69) is 46.9 Å². The average Bonchev–Trinajstić information content (AvgIpc) is 4.04. The van der Waals surface area contributed by atoms with Crippen LogP contribution < -0.4 is 36.9 Å². The summed E-state index contributed by atoms with van der Waals surface area (Å²) in [6.07, 6.45) is 3.44. The molecule has 366 valence electrons. The molecule has 30 heteroatoms. The Morgan fingerprint density at radius 2 is 1.41 bits per heavy atom. The summed E-state index contributed by atoms with van der Waals surface area (Å²) in [5.74, 6) is -9.69. The molecule has 69 heavy (non-hydrogen) atoms. The summed E-state index contributed by atoms with van der Waals surface area (Å²) < 4.78 is 6.84. The first-order valence-electron chi connectivity index (χ1n) is 19.9. The minimum absolute atomic E-state index is 0.00581. The van der Waals surface area contributed by atoms with E-state index < -0.39 is 93.0 Å². The normalized spacial score (nSPS) is 18.3. The number of carbonyl (C=O) groups is 8. The molecule has 6 rings (SSSR count). The molecule has 0 aliphatic carbocycles. The van der Waals surface area contributed by atoms with Gasteiger partial charge in [-0.15, -0.1) is 46.2 Å². The van der Waals surface area contributed by atoms with Crippen molar-refractivity contribution in [3.63, 3.8) is 0 Å². The van der Waals surface area contributed by atoms with E-state index in [4.69, 9.17) is 20.1 Å². The van der Waals surface area contributed by atoms with Crippen molar-refractivity contribution in [2.75, 3.05) is 29.2 Å². The van der Waals surface area contributed by atoms with Crippen molar-refractivity contribution < 1.29 is 77.8 Å². The van der Waals surface area contributed by atoms with Crippen molar-refractivity contribution in [3.8, 4) is 0 Å². The molecule has 3 aromatic heterocycles. The van der Waals surface area contributed by atoms with Gasteiger partial charge in [0.25, 0.3) is 17.7 Å². The van der Waals surface area contributed by atoms with Gasteiger partial charge in [0.2, 0.25) is 11.2 Å². The summed E-state index contributed by atoms with van der Waals surface area (Å²) in [7, 11) is 0. The number of carboxylic acid groups (broad SMARTS) is 4. The van der Waals surface area contributed by atoms with E-state index in [-0.39, 0.29) is 57.7 Å². The Morgan fingerprint density at radius 3 is 1.97 bits per heavy atom. The molecule has 0 radical (unpaired) electrons. The van der Waals surface area contributed by atoms with Crippen LogP contribution in [0.25, 0.3) is 0 Å². The monoisotopic (exact) mass is 1030 g/mol. The van der Waals surface area contributed by atoms with Gasteiger partial charge in [0.05, 0.1) is 0 Å². The Labute approximate surface area is 405 Å². The Balaban J connectivity index is 1.28. The highest BCUT2D eigenvalue weighted by Gasteiger charge is 2.41. The van der Waals surface area contributed by atoms with Crippen LogP contribution in [0.5, 0.6) is 0 Å². The van der Waals surface area contributed by atoms with Gasteiger partial charge in [-0.1, -0.05) is 16.4 Å². The third-order valence-electron chi connectivity index (χ3n) is 9.76. The van der Waals surface area contributed by atoms with Crippen molar-refractivity contribution in [3.05, 3.63) is 75.3 Å². The van der Waals surface area contributed by atoms with Crippen molar-refractivity contribution in [2.45, 2.75) is 68.3 Å². The second-order valence-corrected chi connectivity index (χ2v) is 19.7. The number of amides is 3. The molecule has 3 aliphatic rings. The lowest BCUT2D eigenvalue weighted by Gasteiger charge is -2.31. The largest absolute Gasteiger partial charge is 0.480 e. The predicted molar refractivity (Wildman–Crippen MR) is 245 cm³/mol. The molecular formula is C39H42N11O15S4+. The molecule has 6 heterocycles. The molecule has 3 aliphatic heterocycles. The number of aliphatic carboxylic acids is 4. The molecular weight excluding hydrogens is 991 g/mol. The summed E-state index contributed by atoms with van der Waals surface area (Å²) in [6.45, 7) is 4.72. The number of thioether (sulfide) groups is 2. The fourth-order valence-corrected chi connectivity index (χ4v) is 9.52. The number of carbonyl (C=O) groups excluding carboxylic acids is 4. The summed E-state index contributed by atoms with van der Waals surface area (Å²) in [5.41, 5.74) is 0.793. The van der Waals surface area contributed by atoms with Crippen LogP contribution >= 0.6 is 46.2 Å². The van der Waals surface area contributed by atoms with E-state index in [1.165, 1.54) is 24.6 Å². The third-order valence-corrected chi connectivity index (χ3v) is 13.7. The van der Waals surface area contributed by atoms with Crippen LogP contribution in [0.1, 0.15) is 39.1 Å². The van der Waals surface area contributed by atoms with Crippen molar-refractivity contribution in [1.82, 2.24) is 31.2 Å². The number of carboxylic acids is 4. The van der Waals surface area contributed by atoms with Gasteiger partial charge in [0.15, 0.2) is 46.7 Å². The Hall–Kier alpha value is -7.31. The fraction of sp³-hybridized carbons (Fsp3) is 0.359. The van der Waals surface area contributed by atoms with Gasteiger partial charge in [-0.25, -0.2) is 38.5 Å². The lowest BCUT2D eigenvalue weighted by atomic mass is 10.1. The number of aromatic nitrogens is 3. The molecule has 0 aromatic carbocycles. The number of esters is 1. The molecule has 4 atom stereocenters. The highest BCUT2D eigenvalue weighted by molar-refractivity contribution is 8.00. The standard InChI is InChI=1S/C39H41N11O15S4/c1-38(2,34(59)60)64-48-22(18-14-68-36(40)41-18)26(51)43-24(29-46-21-17(13-67-29)11-63-33(21)58)28(53)47-37-42-19(15-69-37)23(49-65-39(3,4)35(61)62)27(52)44-25(32(56)57)30-45-20(31(54)55)16(12-66-30)10-50-8-6-5-7-9-50/h5-9,14-15,24-25,29-30,45-46H,10-13H2,1-4H3,(H8-,40,41,42,43,44,47,51,52,53,54,55,56,57,59,60,61,62)/p+1/b48-22-,49-23-/t24?,25-,29?,30+/m0/s1. The van der Waals surface area contributed by atoms with Crippen LogP contribution in [-0.4, -0.2) is 142 Å². The van der Waals surface area contributed by atoms with E-state index in [9.17, 15) is 58.8 Å². The van der Waals surface area contributed by atoms with E-state index in [0.29, 0.717) is 22.5 Å². The molecule has 0 saturated heterocycles. The first-order valence-corrected chi connectivity index (χ1v) is 23.8. The second-order valence-electron chi connectivity index (χ2n) is 15.7. The van der Waals surface area contributed by atoms with E-state index in [1.54, 1.807) is 35.2 Å². The zero-order valence-corrected chi connectivity index (χ0v) is 39.7. The van der Waals surface area contributed by atoms with Crippen LogP contribution in [0.3, 0.4) is 0 Å². The number of nitrogens with one attached hydrogen (secondary N) is 5. The summed E-state index contributed by atoms with van der Waals surface area (Å²) in [4.78, 5) is 122. The minimum Gasteiger partial charge on any atom is -0.480 e. The topological polar surface area (TPSA) is 386 Å². The van der Waals surface area contributed by atoms with Gasteiger partial charge in [0, 0.05) is 45.5 Å². The Morgan fingerprint density at radius 1 is 0.841 bits per heavy atom. The summed E-state index contributed by atoms with van der Waals surface area (Å²) >= 11 is 3.74. The first kappa shape index (κ1) is 51.1. The predicted octanol–water partition coefficient (Wildman–Crippen LogP) is -0.495. The number of pyridine rings is 1. The van der Waals surface area contributed by atoms with Gasteiger partial charge in [-0.3, -0.25) is 14.4 Å². The molecule has 11 N–H and O–H groups in total. The number of cyclic esters (lactones) is 1. The molecule has 2 unspecified atom stereocenters. The van der Waals surface area contributed by atoms with Crippen molar-refractivity contribution in [1.29, 1.82) is 0 Å². The molecule has 0 bridgehead atoms. The lowest BCUT2D eigenvalue weighted by Crippen LogP contribution is -2.57. The average molecular weight is 1030 g/mol. The number of anilines is 2. The summed E-state index contributed by atoms with van der Waals surface area (Å²) in [6, 6.07) is 1.83. The Kier molecular flexibility index (Phi) is 15.8. The van der Waals surface area contributed by atoms with E-state index >= 15 is 0 Å². The Bertz CT molecular complexity index is 2700. The molecule has 3 aromatic rings. The second kappa shape index (κ2) is 21.3. The minimum atomic E-state index is -2.04. The smallest absolute Gasteiger partial charge is 0.354 e. The number of ether oxygens (including phenoxy) is 1. The maximum Gasteiger partial charge on any atom is 0.354 e. The number of rotatable bonds is 20. The maximum absolute atomic E-state index is 14.3. The number of hydrogen-bond acceptors (Lipinski definition) is 22. The van der Waals surface area contributed by atoms with Crippen LogP contribution in [0, 0.1) is 0 Å². The van der Waals surface area contributed by atoms with Gasteiger partial charge < -0.3 is 67.2 Å². The number of oxime groups is 2. The van der Waals surface area contributed by atoms with Gasteiger partial charge in [-0.2, -0.15) is 0 Å². The third kappa shape index (κ3) is 12.4. The number of nitrogens with two attached hydrogens (primary N) is 1. The van der Waals surface area contributed by atoms with Crippen molar-refractivity contribution >= 4 is 115 Å². The van der Waals surface area contributed by atoms with Gasteiger partial charge >= 0.3 is 29.8 Å². The number of thiazole rings is 2. The van der Waals surface area contributed by atoms with Crippen LogP contribution in [0.4, 0.5) is 10.3 Å². The zero-order chi connectivity index (χ0) is 50.4. The maximum atomic E-state index is 14.3. The molecule has 0 spiro atoms. The number of nitrogen functional groups attached to an aromatic ring is 1. The van der Waals surface area contributed by atoms with Crippen LogP contribution in [0.15, 0.2) is 74.2 Å². The molecule has 0 fully saturated rings. The van der Waals surface area contributed by atoms with Crippen molar-refractivity contribution in [2.24, 2.45) is 10.3 Å². The van der Waals surface area contributed by atoms with Gasteiger partial charge in [0.1, 0.15) is 46.2 Å². The SMILES string of the molecule is CC(C)(O/N=C(\C(=O)NC(C(=O)Nc1nc(/C(=N/OC(C)(C)C(=O)O)C(=O)N[C@H](C(=O)O)[C@@H]2NC(C(=O)O)=C(C[n+]3ccccc3)CS2)cs1)C1NC2=C(COC2=O)CS1)c1csc(N)n1)C(=O)O. The van der Waals surface area contributed by atoms with E-state index in [1.807, 2.05) is 0 Å². The highest BCUT2D eigenvalue weighted by Crippen LogP contribution is 2.30. The molecule has 0 saturated carbocycles. The molecule has 26 nitrogen and oxygen atoms in total. The van der Waals surface area contributed by atoms with Gasteiger partial charge in [-0.05, 0) is 27.7 Å². The number of hydrogen-bond donors (Lipinski definition) is 10. The first-order chi connectivity index (χ1) is 32.5. The molecule has 3 amide bonds. The summed E-state index contributed by atoms with van der Waals surface area (Å²) in [5, 5.41) is 60.1. The quantitative estimate of drug-likeness (QED) is 0.0295.